The fraction of sp³-hybridized carbons (Fsp3) is 0.533. The fourth-order valence-corrected chi connectivity index (χ4v) is 5.57. The predicted molar refractivity (Wildman–Crippen MR) is 163 cm³/mol. The maximum absolute atomic E-state index is 13.3. The molecule has 5 heterocycles. The van der Waals surface area contributed by atoms with E-state index in [1.807, 2.05) is 30.3 Å². The van der Waals surface area contributed by atoms with Crippen LogP contribution in [0.25, 0.3) is 11.3 Å². The molecule has 3 aromatic heterocycles. The number of carbonyl (C=O) groups is 1. The van der Waals surface area contributed by atoms with Crippen LogP contribution in [0.3, 0.4) is 0 Å². The maximum Gasteiger partial charge on any atom is 0.424 e. The molecule has 0 saturated carbocycles. The minimum Gasteiger partial charge on any atom is -0.374 e. The van der Waals surface area contributed by atoms with Crippen molar-refractivity contribution in [2.24, 2.45) is 7.05 Å². The molecule has 49 heavy (non-hydrogen) atoms. The molecule has 4 aromatic rings. The minimum atomic E-state index is -4.91. The number of alkyl halides is 6. The van der Waals surface area contributed by atoms with Crippen LogP contribution in [0.2, 0.25) is 0 Å². The molecule has 0 aliphatic carbocycles. The third kappa shape index (κ3) is 6.78. The van der Waals surface area contributed by atoms with E-state index in [2.05, 4.69) is 30.8 Å². The molecule has 0 bridgehead atoms. The maximum atomic E-state index is 13.3. The molecule has 19 heteroatoms. The van der Waals surface area contributed by atoms with Crippen molar-refractivity contribution in [1.82, 2.24) is 49.5 Å². The molecule has 0 unspecified atom stereocenters. The van der Waals surface area contributed by atoms with Crippen molar-refractivity contribution in [1.29, 1.82) is 0 Å². The SMILES string of the molecule is C.C[C@H]1CN(C(=O)c2cc(-c3ccccc3)nn2C)Cc2nnc([C@@](C)(O)C(F)(F)F)n21.C[C@H]1CNCc2nnc([C@@](C)(O)C(F)(F)F)n21. The van der Waals surface area contributed by atoms with E-state index in [0.29, 0.717) is 44.1 Å². The van der Waals surface area contributed by atoms with Gasteiger partial charge in [-0.2, -0.15) is 31.4 Å². The predicted octanol–water partition coefficient (Wildman–Crippen LogP) is 4.01. The lowest BCUT2D eigenvalue weighted by atomic mass is 10.0. The number of fused-ring (bicyclic) bond motifs is 2. The largest absolute Gasteiger partial charge is 0.424 e. The Morgan fingerprint density at radius 1 is 0.857 bits per heavy atom. The number of aliphatic hydroxyl groups is 2. The van der Waals surface area contributed by atoms with Crippen LogP contribution in [0.4, 0.5) is 26.3 Å². The van der Waals surface area contributed by atoms with Crippen molar-refractivity contribution >= 4 is 5.91 Å². The van der Waals surface area contributed by atoms with Crippen LogP contribution < -0.4 is 5.32 Å². The lowest BCUT2D eigenvalue weighted by Gasteiger charge is -2.34. The second-order valence-corrected chi connectivity index (χ2v) is 12.2. The van der Waals surface area contributed by atoms with Crippen LogP contribution in [0.5, 0.6) is 0 Å². The van der Waals surface area contributed by atoms with Crippen LogP contribution in [-0.4, -0.2) is 85.8 Å². The first-order valence-electron chi connectivity index (χ1n) is 14.8. The van der Waals surface area contributed by atoms with E-state index in [1.165, 1.54) is 18.7 Å². The Labute approximate surface area is 277 Å². The third-order valence-electron chi connectivity index (χ3n) is 8.38. The number of aryl methyl sites for hydroxylation is 1. The normalized spacial score (nSPS) is 20.1. The third-order valence-corrected chi connectivity index (χ3v) is 8.38. The first-order valence-corrected chi connectivity index (χ1v) is 14.8. The van der Waals surface area contributed by atoms with Crippen LogP contribution in [0.15, 0.2) is 36.4 Å². The zero-order chi connectivity index (χ0) is 35.4. The smallest absolute Gasteiger partial charge is 0.374 e. The first-order chi connectivity index (χ1) is 22.3. The highest BCUT2D eigenvalue weighted by molar-refractivity contribution is 5.93. The van der Waals surface area contributed by atoms with E-state index in [9.17, 15) is 41.4 Å². The quantitative estimate of drug-likeness (QED) is 0.268. The summed E-state index contributed by atoms with van der Waals surface area (Å²) in [5, 5.41) is 41.7. The molecule has 268 valence electrons. The molecule has 1 amide bonds. The molecule has 3 N–H and O–H groups in total. The van der Waals surface area contributed by atoms with Gasteiger partial charge in [-0.05, 0) is 33.8 Å². The molecule has 0 fully saturated rings. The number of hydrogen-bond donors (Lipinski definition) is 3. The van der Waals surface area contributed by atoms with Crippen LogP contribution in [-0.2, 0) is 31.3 Å². The van der Waals surface area contributed by atoms with Gasteiger partial charge in [0.1, 0.15) is 11.5 Å². The molecule has 2 aliphatic heterocycles. The average Bonchev–Trinajstić information content (AvgIpc) is 3.74. The van der Waals surface area contributed by atoms with E-state index >= 15 is 0 Å². The van der Waals surface area contributed by atoms with Gasteiger partial charge in [-0.15, -0.1) is 20.4 Å². The molecule has 2 aliphatic rings. The Bertz CT molecular complexity index is 1780. The Balaban J connectivity index is 0.000000255. The van der Waals surface area contributed by atoms with Crippen molar-refractivity contribution in [3.05, 3.63) is 65.4 Å². The van der Waals surface area contributed by atoms with Gasteiger partial charge >= 0.3 is 12.4 Å². The Morgan fingerprint density at radius 3 is 1.94 bits per heavy atom. The number of halogens is 6. The lowest BCUT2D eigenvalue weighted by Crippen LogP contribution is -2.46. The van der Waals surface area contributed by atoms with Crippen LogP contribution in [0.1, 0.15) is 81.0 Å². The van der Waals surface area contributed by atoms with Crippen molar-refractivity contribution in [2.45, 2.75) is 83.8 Å². The topological polar surface area (TPSA) is 152 Å². The second kappa shape index (κ2) is 13.2. The van der Waals surface area contributed by atoms with E-state index in [0.717, 1.165) is 5.56 Å². The van der Waals surface area contributed by atoms with Crippen molar-refractivity contribution < 1.29 is 41.4 Å². The summed E-state index contributed by atoms with van der Waals surface area (Å²) in [5.74, 6) is -0.765. The summed E-state index contributed by atoms with van der Waals surface area (Å²) >= 11 is 0. The van der Waals surface area contributed by atoms with Gasteiger partial charge in [-0.3, -0.25) is 9.48 Å². The number of amides is 1. The monoisotopic (exact) mass is 700 g/mol. The first kappa shape index (κ1) is 37.5. The summed E-state index contributed by atoms with van der Waals surface area (Å²) in [6.45, 7) is 5.72. The Morgan fingerprint density at radius 2 is 1.39 bits per heavy atom. The Kier molecular flexibility index (Phi) is 10.1. The lowest BCUT2D eigenvalue weighted by molar-refractivity contribution is -0.263. The number of hydrogen-bond acceptors (Lipinski definition) is 9. The van der Waals surface area contributed by atoms with Crippen LogP contribution >= 0.6 is 0 Å². The average molecular weight is 701 g/mol. The number of aromatic nitrogens is 8. The minimum absolute atomic E-state index is 0. The van der Waals surface area contributed by atoms with E-state index in [1.54, 1.807) is 27.0 Å². The summed E-state index contributed by atoms with van der Waals surface area (Å²) < 4.78 is 82.2. The van der Waals surface area contributed by atoms with Crippen molar-refractivity contribution in [2.75, 3.05) is 13.1 Å². The second-order valence-electron chi connectivity index (χ2n) is 12.2. The number of nitrogens with one attached hydrogen (secondary N) is 1. The van der Waals surface area contributed by atoms with Gasteiger partial charge in [-0.25, -0.2) is 0 Å². The van der Waals surface area contributed by atoms with Gasteiger partial charge < -0.3 is 29.6 Å². The molecule has 6 rings (SSSR count). The van der Waals surface area contributed by atoms with Gasteiger partial charge in [0.05, 0.1) is 24.8 Å². The fourth-order valence-electron chi connectivity index (χ4n) is 5.57. The molecule has 0 saturated heterocycles. The molecule has 4 atom stereocenters. The van der Waals surface area contributed by atoms with E-state index in [-0.39, 0.29) is 38.3 Å². The summed E-state index contributed by atoms with van der Waals surface area (Å²) in [5.41, 5.74) is -4.28. The summed E-state index contributed by atoms with van der Waals surface area (Å²) in [7, 11) is 1.66. The number of benzene rings is 1. The molecular weight excluding hydrogens is 662 g/mol. The standard InChI is InChI=1S/C20H21F3N6O2.C9H13F3N4O.CH4/c1-12-10-28(11-16-24-25-18(29(12)16)19(2,31)20(21,22)23)17(30)15-9-14(26-27(15)3)13-7-5-4-6-8-13;1-5-3-13-4-6-14-15-7(16(5)6)8(2,17)9(10,11)12;/h4-9,12,31H,10-11H2,1-3H3;5,13,17H,3-4H2,1-2H3;1H4/t12-,19+;5-,8+;/m00./s1. The van der Waals surface area contributed by atoms with Gasteiger partial charge in [-0.1, -0.05) is 37.8 Å². The van der Waals surface area contributed by atoms with Gasteiger partial charge in [0.25, 0.3) is 5.91 Å². The van der Waals surface area contributed by atoms with Gasteiger partial charge in [0.15, 0.2) is 17.5 Å². The zero-order valence-electron chi connectivity index (χ0n) is 26.5. The number of carbonyl (C=O) groups excluding carboxylic acids is 1. The van der Waals surface area contributed by atoms with Crippen molar-refractivity contribution in [3.63, 3.8) is 0 Å². The highest BCUT2D eigenvalue weighted by Crippen LogP contribution is 2.40. The summed E-state index contributed by atoms with van der Waals surface area (Å²) in [6.07, 6.45) is -9.69. The molecule has 1 aromatic carbocycles. The van der Waals surface area contributed by atoms with Crippen molar-refractivity contribution in [3.8, 4) is 11.3 Å². The number of nitrogens with zero attached hydrogens (tertiary/aromatic N) is 9. The molecule has 13 nitrogen and oxygen atoms in total. The summed E-state index contributed by atoms with van der Waals surface area (Å²) in [4.78, 5) is 14.7. The molecule has 0 radical (unpaired) electrons. The van der Waals surface area contributed by atoms with Gasteiger partial charge in [0.2, 0.25) is 11.2 Å². The highest BCUT2D eigenvalue weighted by atomic mass is 19.4. The van der Waals surface area contributed by atoms with E-state index in [4.69, 9.17) is 0 Å². The number of rotatable bonds is 4. The Hall–Kier alpha value is -4.36. The zero-order valence-corrected chi connectivity index (χ0v) is 26.5. The molecular formula is C30H38F6N10O3. The molecule has 0 spiro atoms. The summed E-state index contributed by atoms with van der Waals surface area (Å²) in [6, 6.07) is 10.3. The van der Waals surface area contributed by atoms with Gasteiger partial charge in [0, 0.05) is 31.7 Å². The van der Waals surface area contributed by atoms with E-state index < -0.39 is 41.2 Å². The van der Waals surface area contributed by atoms with Crippen LogP contribution in [0, 0.1) is 0 Å². The highest BCUT2D eigenvalue weighted by Gasteiger charge is 2.56.